The molecular formula is C34H34N6O2. The van der Waals surface area contributed by atoms with Crippen molar-refractivity contribution >= 4 is 28.7 Å². The van der Waals surface area contributed by atoms with Gasteiger partial charge in [0.25, 0.3) is 0 Å². The molecule has 0 amide bonds. The van der Waals surface area contributed by atoms with Crippen LogP contribution in [-0.2, 0) is 17.8 Å². The number of pyridine rings is 4. The number of aryl methyl sites for hydroxylation is 4. The number of aromatic nitrogens is 4. The fraction of sp³-hybridized carbons (Fsp3) is 0.206. The summed E-state index contributed by atoms with van der Waals surface area (Å²) in [4.78, 5) is 35.5. The molecule has 1 aromatic carbocycles. The van der Waals surface area contributed by atoms with Crippen LogP contribution in [0.2, 0.25) is 0 Å². The summed E-state index contributed by atoms with van der Waals surface area (Å²) in [6, 6.07) is 21.9. The number of hydrogen-bond donors (Lipinski definition) is 0. The minimum absolute atomic E-state index is 0.388. The van der Waals surface area contributed by atoms with Crippen LogP contribution >= 0.6 is 0 Å². The van der Waals surface area contributed by atoms with E-state index in [9.17, 15) is 4.79 Å². The summed E-state index contributed by atoms with van der Waals surface area (Å²) in [7, 11) is 1.41. The molecule has 0 aliphatic rings. The van der Waals surface area contributed by atoms with E-state index >= 15 is 0 Å². The standard InChI is InChI=1S/C34H34N6O2/c1-23-30(10-6-14-35-23)39(31-11-7-15-36-24(31)2)21-27-18-28(20-29(19-27)34(41)42-5)22-40(32-12-8-16-37-25(32)3)33-13-9-17-38-26(33)4/h6-20H,21-22H2,1-5H3. The number of esters is 1. The van der Waals surface area contributed by atoms with Crippen LogP contribution in [0.15, 0.2) is 91.5 Å². The van der Waals surface area contributed by atoms with Crippen molar-refractivity contribution in [2.45, 2.75) is 40.8 Å². The minimum Gasteiger partial charge on any atom is -0.465 e. The zero-order chi connectivity index (χ0) is 29.6. The molecule has 8 heteroatoms. The molecule has 0 spiro atoms. The topological polar surface area (TPSA) is 84.3 Å². The molecule has 0 aliphatic carbocycles. The average Bonchev–Trinajstić information content (AvgIpc) is 3.00. The summed E-state index contributed by atoms with van der Waals surface area (Å²) < 4.78 is 5.17. The highest BCUT2D eigenvalue weighted by molar-refractivity contribution is 5.90. The molecule has 42 heavy (non-hydrogen) atoms. The molecule has 4 aromatic heterocycles. The Morgan fingerprint density at radius 1 is 0.595 bits per heavy atom. The fourth-order valence-corrected chi connectivity index (χ4v) is 5.19. The normalized spacial score (nSPS) is 10.8. The van der Waals surface area contributed by atoms with E-state index in [2.05, 4.69) is 60.1 Å². The van der Waals surface area contributed by atoms with Crippen molar-refractivity contribution in [2.75, 3.05) is 16.9 Å². The Labute approximate surface area is 246 Å². The first-order valence-corrected chi connectivity index (χ1v) is 13.8. The van der Waals surface area contributed by atoms with Gasteiger partial charge < -0.3 is 14.5 Å². The van der Waals surface area contributed by atoms with E-state index in [1.54, 1.807) is 24.8 Å². The third-order valence-corrected chi connectivity index (χ3v) is 7.23. The zero-order valence-corrected chi connectivity index (χ0v) is 24.6. The fourth-order valence-electron chi connectivity index (χ4n) is 5.19. The Morgan fingerprint density at radius 3 is 1.21 bits per heavy atom. The summed E-state index contributed by atoms with van der Waals surface area (Å²) in [5.74, 6) is -0.388. The molecule has 4 heterocycles. The molecule has 5 aromatic rings. The van der Waals surface area contributed by atoms with Crippen LogP contribution in [-0.4, -0.2) is 33.0 Å². The summed E-state index contributed by atoms with van der Waals surface area (Å²) in [5.41, 5.74) is 9.86. The number of ether oxygens (including phenoxy) is 1. The molecule has 5 rings (SSSR count). The quantitative estimate of drug-likeness (QED) is 0.180. The van der Waals surface area contributed by atoms with Gasteiger partial charge in [-0.3, -0.25) is 19.9 Å². The molecule has 212 valence electrons. The number of carbonyl (C=O) groups is 1. The second-order valence-corrected chi connectivity index (χ2v) is 10.1. The first-order valence-electron chi connectivity index (χ1n) is 13.8. The summed E-state index contributed by atoms with van der Waals surface area (Å²) in [6.45, 7) is 8.97. The van der Waals surface area contributed by atoms with Gasteiger partial charge in [0, 0.05) is 37.9 Å². The molecule has 0 radical (unpaired) electrons. The number of anilines is 4. The minimum atomic E-state index is -0.388. The third kappa shape index (κ3) is 6.12. The van der Waals surface area contributed by atoms with Crippen molar-refractivity contribution in [2.24, 2.45) is 0 Å². The van der Waals surface area contributed by atoms with Gasteiger partial charge in [0.1, 0.15) is 0 Å². The Balaban J connectivity index is 1.62. The van der Waals surface area contributed by atoms with Crippen LogP contribution in [0.25, 0.3) is 0 Å². The van der Waals surface area contributed by atoms with Crippen LogP contribution in [0.5, 0.6) is 0 Å². The maximum absolute atomic E-state index is 12.9. The molecular weight excluding hydrogens is 524 g/mol. The Bertz CT molecular complexity index is 1510. The highest BCUT2D eigenvalue weighted by Crippen LogP contribution is 2.34. The van der Waals surface area contributed by atoms with Crippen LogP contribution in [0.1, 0.15) is 44.3 Å². The maximum atomic E-state index is 12.9. The second-order valence-electron chi connectivity index (χ2n) is 10.1. The van der Waals surface area contributed by atoms with Gasteiger partial charge in [0.05, 0.1) is 58.2 Å². The number of benzene rings is 1. The third-order valence-electron chi connectivity index (χ3n) is 7.23. The molecule has 8 nitrogen and oxygen atoms in total. The SMILES string of the molecule is COC(=O)c1cc(CN(c2cccnc2C)c2cccnc2C)cc(CN(c2cccnc2C)c2cccnc2C)c1. The number of carbonyl (C=O) groups excluding carboxylic acids is 1. The van der Waals surface area contributed by atoms with Crippen molar-refractivity contribution in [3.05, 3.63) is 131 Å². The molecule has 0 bridgehead atoms. The second kappa shape index (κ2) is 12.6. The van der Waals surface area contributed by atoms with Gasteiger partial charge in [-0.05, 0) is 99.5 Å². The Kier molecular flexibility index (Phi) is 8.52. The van der Waals surface area contributed by atoms with Crippen LogP contribution in [0.4, 0.5) is 22.7 Å². The summed E-state index contributed by atoms with van der Waals surface area (Å²) in [6.07, 6.45) is 7.16. The van der Waals surface area contributed by atoms with E-state index in [1.165, 1.54) is 7.11 Å². The van der Waals surface area contributed by atoms with E-state index in [4.69, 9.17) is 4.74 Å². The molecule has 0 saturated carbocycles. The first-order chi connectivity index (χ1) is 20.4. The lowest BCUT2D eigenvalue weighted by Gasteiger charge is -2.29. The largest absolute Gasteiger partial charge is 0.465 e. The van der Waals surface area contributed by atoms with Crippen molar-refractivity contribution in [3.8, 4) is 0 Å². The highest BCUT2D eigenvalue weighted by atomic mass is 16.5. The van der Waals surface area contributed by atoms with E-state index in [0.717, 1.165) is 56.7 Å². The predicted molar refractivity (Wildman–Crippen MR) is 165 cm³/mol. The lowest BCUT2D eigenvalue weighted by atomic mass is 10.0. The molecule has 0 unspecified atom stereocenters. The van der Waals surface area contributed by atoms with Crippen molar-refractivity contribution < 1.29 is 9.53 Å². The summed E-state index contributed by atoms with van der Waals surface area (Å²) in [5, 5.41) is 0. The molecule has 0 atom stereocenters. The van der Waals surface area contributed by atoms with Gasteiger partial charge in [-0.1, -0.05) is 6.07 Å². The van der Waals surface area contributed by atoms with Crippen LogP contribution in [0, 0.1) is 27.7 Å². The van der Waals surface area contributed by atoms with E-state index in [0.29, 0.717) is 18.7 Å². The number of rotatable bonds is 9. The van der Waals surface area contributed by atoms with Gasteiger partial charge in [-0.15, -0.1) is 0 Å². The molecule has 0 fully saturated rings. The first kappa shape index (κ1) is 28.4. The van der Waals surface area contributed by atoms with Gasteiger partial charge in [-0.25, -0.2) is 4.79 Å². The van der Waals surface area contributed by atoms with Crippen LogP contribution < -0.4 is 9.80 Å². The van der Waals surface area contributed by atoms with E-state index in [1.807, 2.05) is 64.1 Å². The smallest absolute Gasteiger partial charge is 0.337 e. The number of nitrogens with zero attached hydrogens (tertiary/aromatic N) is 6. The highest BCUT2D eigenvalue weighted by Gasteiger charge is 2.20. The van der Waals surface area contributed by atoms with Crippen molar-refractivity contribution in [1.82, 2.24) is 19.9 Å². The maximum Gasteiger partial charge on any atom is 0.337 e. The van der Waals surface area contributed by atoms with Crippen molar-refractivity contribution in [3.63, 3.8) is 0 Å². The van der Waals surface area contributed by atoms with Crippen LogP contribution in [0.3, 0.4) is 0 Å². The van der Waals surface area contributed by atoms with E-state index < -0.39 is 0 Å². The van der Waals surface area contributed by atoms with Crippen molar-refractivity contribution in [1.29, 1.82) is 0 Å². The monoisotopic (exact) mass is 558 g/mol. The predicted octanol–water partition coefficient (Wildman–Crippen LogP) is 6.96. The van der Waals surface area contributed by atoms with Gasteiger partial charge in [-0.2, -0.15) is 0 Å². The number of methoxy groups -OCH3 is 1. The molecule has 0 aliphatic heterocycles. The Hall–Kier alpha value is -5.11. The van der Waals surface area contributed by atoms with Gasteiger partial charge >= 0.3 is 5.97 Å². The number of hydrogen-bond acceptors (Lipinski definition) is 8. The zero-order valence-electron chi connectivity index (χ0n) is 24.6. The molecule has 0 N–H and O–H groups in total. The lowest BCUT2D eigenvalue weighted by molar-refractivity contribution is 0.0600. The summed E-state index contributed by atoms with van der Waals surface area (Å²) >= 11 is 0. The Morgan fingerprint density at radius 2 is 0.929 bits per heavy atom. The van der Waals surface area contributed by atoms with Gasteiger partial charge in [0.15, 0.2) is 0 Å². The lowest BCUT2D eigenvalue weighted by Crippen LogP contribution is -2.21. The van der Waals surface area contributed by atoms with E-state index in [-0.39, 0.29) is 5.97 Å². The average molecular weight is 559 g/mol. The molecule has 0 saturated heterocycles. The van der Waals surface area contributed by atoms with Gasteiger partial charge in [0.2, 0.25) is 0 Å².